The molecule has 1 fully saturated rings. The highest BCUT2D eigenvalue weighted by atomic mass is 32.2. The monoisotopic (exact) mass is 504 g/mol. The molecule has 3 atom stereocenters. The summed E-state index contributed by atoms with van der Waals surface area (Å²) < 4.78 is 109. The lowest BCUT2D eigenvalue weighted by Crippen LogP contribution is -2.57. The van der Waals surface area contributed by atoms with Crippen LogP contribution in [0.3, 0.4) is 0 Å². The van der Waals surface area contributed by atoms with Gasteiger partial charge in [0.25, 0.3) is 0 Å². The molecule has 0 unspecified atom stereocenters. The van der Waals surface area contributed by atoms with Crippen LogP contribution >= 0.6 is 0 Å². The highest BCUT2D eigenvalue weighted by Crippen LogP contribution is 2.55. The molecule has 2 aromatic carbocycles. The second kappa shape index (κ2) is 8.84. The van der Waals surface area contributed by atoms with Gasteiger partial charge in [-0.05, 0) is 49.2 Å². The Hall–Kier alpha value is -2.66. The van der Waals surface area contributed by atoms with Gasteiger partial charge >= 0.3 is 6.18 Å². The molecule has 34 heavy (non-hydrogen) atoms. The molecule has 2 aliphatic rings. The minimum Gasteiger partial charge on any atom is -0.490 e. The molecule has 5 nitrogen and oxygen atoms in total. The number of hydrogen-bond acceptors (Lipinski definition) is 5. The Balaban J connectivity index is 1.85. The molecule has 1 saturated heterocycles. The van der Waals surface area contributed by atoms with Crippen LogP contribution < -0.4 is 9.47 Å². The fourth-order valence-electron chi connectivity index (χ4n) is 4.71. The molecule has 0 radical (unpaired) electrons. The van der Waals surface area contributed by atoms with E-state index in [1.807, 2.05) is 0 Å². The van der Waals surface area contributed by atoms with Gasteiger partial charge in [-0.3, -0.25) is 0 Å². The van der Waals surface area contributed by atoms with Gasteiger partial charge in [-0.1, -0.05) is 6.08 Å². The van der Waals surface area contributed by atoms with E-state index in [1.165, 1.54) is 6.08 Å². The van der Waals surface area contributed by atoms with Crippen LogP contribution in [0.5, 0.6) is 11.5 Å². The Labute approximate surface area is 193 Å². The molecule has 0 N–H and O–H groups in total. The molecule has 11 heteroatoms. The molecule has 2 aliphatic heterocycles. The molecule has 0 bridgehead atoms. The number of benzene rings is 2. The Bertz CT molecular complexity index is 1180. The van der Waals surface area contributed by atoms with Gasteiger partial charge in [-0.2, -0.15) is 13.2 Å². The van der Waals surface area contributed by atoms with Crippen molar-refractivity contribution in [2.24, 2.45) is 5.92 Å². The average Bonchev–Trinajstić information content (AvgIpc) is 2.79. The van der Waals surface area contributed by atoms with Gasteiger partial charge in [0.1, 0.15) is 16.3 Å². The van der Waals surface area contributed by atoms with E-state index >= 15 is 4.39 Å². The zero-order valence-electron chi connectivity index (χ0n) is 17.8. The number of sulfone groups is 1. The molecule has 184 valence electrons. The van der Waals surface area contributed by atoms with Crippen LogP contribution in [0.2, 0.25) is 0 Å². The molecule has 0 aromatic heterocycles. The van der Waals surface area contributed by atoms with Gasteiger partial charge in [0.2, 0.25) is 0 Å². The maximum atomic E-state index is 15.2. The molecule has 0 spiro atoms. The number of ether oxygens (including phenoxy) is 3. The first kappa shape index (κ1) is 24.5. The van der Waals surface area contributed by atoms with Crippen molar-refractivity contribution >= 4 is 9.84 Å². The van der Waals surface area contributed by atoms with Crippen molar-refractivity contribution in [2.45, 2.75) is 34.8 Å². The summed E-state index contributed by atoms with van der Waals surface area (Å²) in [4.78, 5) is -0.271. The predicted octanol–water partition coefficient (Wildman–Crippen LogP) is 4.95. The third-order valence-electron chi connectivity index (χ3n) is 6.16. The average molecular weight is 504 g/mol. The van der Waals surface area contributed by atoms with Crippen molar-refractivity contribution in [3.05, 3.63) is 66.3 Å². The second-order valence-corrected chi connectivity index (χ2v) is 10.3. The molecule has 0 amide bonds. The van der Waals surface area contributed by atoms with E-state index in [2.05, 4.69) is 11.3 Å². The van der Waals surface area contributed by atoms with Gasteiger partial charge in [-0.15, -0.1) is 6.58 Å². The number of halogens is 5. The summed E-state index contributed by atoms with van der Waals surface area (Å²) in [5, 5.41) is 0. The van der Waals surface area contributed by atoms with E-state index < -0.39 is 62.3 Å². The lowest BCUT2D eigenvalue weighted by Gasteiger charge is -2.50. The third kappa shape index (κ3) is 4.04. The van der Waals surface area contributed by atoms with E-state index in [0.717, 1.165) is 36.4 Å². The van der Waals surface area contributed by atoms with E-state index in [0.29, 0.717) is 0 Å². The first-order valence-corrected chi connectivity index (χ1v) is 11.9. The maximum Gasteiger partial charge on any atom is 0.422 e. The number of rotatable bonds is 6. The number of alkyl halides is 3. The van der Waals surface area contributed by atoms with Crippen LogP contribution in [0, 0.1) is 17.6 Å². The van der Waals surface area contributed by atoms with Crippen LogP contribution in [-0.2, 0) is 19.3 Å². The van der Waals surface area contributed by atoms with Crippen molar-refractivity contribution in [1.29, 1.82) is 0 Å². The first-order valence-electron chi connectivity index (χ1n) is 10.4. The van der Waals surface area contributed by atoms with E-state index in [9.17, 15) is 26.0 Å². The second-order valence-electron chi connectivity index (χ2n) is 8.10. The summed E-state index contributed by atoms with van der Waals surface area (Å²) in [6, 6.07) is 6.08. The fraction of sp³-hybridized carbons (Fsp3) is 0.391. The summed E-state index contributed by atoms with van der Waals surface area (Å²) in [5.74, 6) is -3.38. The number of fused-ring (bicyclic) bond motifs is 3. The molecule has 2 heterocycles. The lowest BCUT2D eigenvalue weighted by molar-refractivity contribution is -0.153. The van der Waals surface area contributed by atoms with Crippen LogP contribution in [-0.4, -0.2) is 40.5 Å². The van der Waals surface area contributed by atoms with Crippen LogP contribution in [0.15, 0.2) is 53.9 Å². The Kier molecular flexibility index (Phi) is 6.36. The lowest BCUT2D eigenvalue weighted by atomic mass is 9.75. The zero-order valence-corrected chi connectivity index (χ0v) is 18.6. The van der Waals surface area contributed by atoms with E-state index in [-0.39, 0.29) is 36.7 Å². The Morgan fingerprint density at radius 3 is 2.44 bits per heavy atom. The SMILES string of the molecule is C=CC[C@@H]1OCC[C@@]2(S(=O)(=O)c3ccc(OCC(F)(F)F)cc3)c3c(F)ccc(F)c3OC[C@@H]12. The summed E-state index contributed by atoms with van der Waals surface area (Å²) in [6.45, 7) is 1.83. The van der Waals surface area contributed by atoms with Crippen LogP contribution in [0.25, 0.3) is 0 Å². The van der Waals surface area contributed by atoms with E-state index in [4.69, 9.17) is 9.47 Å². The predicted molar refractivity (Wildman–Crippen MR) is 111 cm³/mol. The largest absolute Gasteiger partial charge is 0.490 e. The van der Waals surface area contributed by atoms with Crippen molar-refractivity contribution in [3.63, 3.8) is 0 Å². The van der Waals surface area contributed by atoms with Gasteiger partial charge in [0, 0.05) is 12.5 Å². The highest BCUT2D eigenvalue weighted by Gasteiger charge is 2.61. The highest BCUT2D eigenvalue weighted by molar-refractivity contribution is 7.92. The van der Waals surface area contributed by atoms with Crippen molar-refractivity contribution in [3.8, 4) is 11.5 Å². The van der Waals surface area contributed by atoms with Crippen LogP contribution in [0.1, 0.15) is 18.4 Å². The van der Waals surface area contributed by atoms with Crippen molar-refractivity contribution < 1.29 is 44.6 Å². The summed E-state index contributed by atoms with van der Waals surface area (Å²) >= 11 is 0. The summed E-state index contributed by atoms with van der Waals surface area (Å²) in [5.41, 5.74) is -0.404. The van der Waals surface area contributed by atoms with Gasteiger partial charge in [0.05, 0.1) is 23.2 Å². The minimum absolute atomic E-state index is 0.0452. The maximum absolute atomic E-state index is 15.2. The molecule has 0 saturated carbocycles. The van der Waals surface area contributed by atoms with Crippen molar-refractivity contribution in [1.82, 2.24) is 0 Å². The molecular formula is C23H21F5O5S. The smallest absolute Gasteiger partial charge is 0.422 e. The van der Waals surface area contributed by atoms with Crippen LogP contribution in [0.4, 0.5) is 22.0 Å². The first-order chi connectivity index (χ1) is 16.0. The quantitative estimate of drug-likeness (QED) is 0.412. The molecule has 2 aromatic rings. The topological polar surface area (TPSA) is 61.8 Å². The Morgan fingerprint density at radius 1 is 1.12 bits per heavy atom. The standard InChI is InChI=1S/C23H21F5O5S/c1-2-3-19-16-12-32-21-18(25)9-8-17(24)20(21)22(16,10-11-31-19)34(29,30)15-6-4-14(5-7-15)33-13-23(26,27)28/h2,4-9,16,19H,1,3,10-13H2/t16-,19-,22-/m0/s1. The third-order valence-corrected chi connectivity index (χ3v) is 8.72. The molecular weight excluding hydrogens is 483 g/mol. The normalized spacial score (nSPS) is 24.5. The summed E-state index contributed by atoms with van der Waals surface area (Å²) in [7, 11) is -4.43. The van der Waals surface area contributed by atoms with Gasteiger partial charge in [0.15, 0.2) is 28.0 Å². The molecule has 0 aliphatic carbocycles. The van der Waals surface area contributed by atoms with E-state index in [1.54, 1.807) is 0 Å². The van der Waals surface area contributed by atoms with Gasteiger partial charge in [-0.25, -0.2) is 17.2 Å². The minimum atomic E-state index is -4.56. The summed E-state index contributed by atoms with van der Waals surface area (Å²) in [6.07, 6.45) is -3.63. The zero-order chi connectivity index (χ0) is 24.7. The van der Waals surface area contributed by atoms with Crippen molar-refractivity contribution in [2.75, 3.05) is 19.8 Å². The fourth-order valence-corrected chi connectivity index (χ4v) is 7.06. The Morgan fingerprint density at radius 2 is 1.79 bits per heavy atom. The number of hydrogen-bond donors (Lipinski definition) is 0. The molecule has 4 rings (SSSR count). The van der Waals surface area contributed by atoms with Gasteiger partial charge < -0.3 is 14.2 Å².